The Morgan fingerprint density at radius 1 is 1.19 bits per heavy atom. The van der Waals surface area contributed by atoms with Crippen LogP contribution in [-0.4, -0.2) is 67.3 Å². The topological polar surface area (TPSA) is 73.0 Å². The normalized spacial score (nSPS) is 20.5. The predicted molar refractivity (Wildman–Crippen MR) is 99.9 cm³/mol. The lowest BCUT2D eigenvalue weighted by molar-refractivity contribution is -0.134. The molecule has 7 heteroatoms. The molecule has 2 saturated heterocycles. The van der Waals surface area contributed by atoms with Crippen LogP contribution in [0.5, 0.6) is 0 Å². The molecule has 0 spiro atoms. The van der Waals surface area contributed by atoms with Crippen molar-refractivity contribution in [3.8, 4) is 0 Å². The van der Waals surface area contributed by atoms with Crippen LogP contribution in [0, 0.1) is 0 Å². The van der Waals surface area contributed by atoms with E-state index in [2.05, 4.69) is 5.32 Å². The summed E-state index contributed by atoms with van der Waals surface area (Å²) in [5.41, 5.74) is 1.38. The first kappa shape index (κ1) is 18.4. The molecule has 2 aliphatic heterocycles. The minimum atomic E-state index is -0.230. The second kappa shape index (κ2) is 7.86. The average Bonchev–Trinajstić information content (AvgIpc) is 3.23. The molecule has 140 valence electrons. The smallest absolute Gasteiger partial charge is 0.239 e. The number of para-hydroxylation sites is 2. The number of hydrogen-bond donors (Lipinski definition) is 1. The maximum absolute atomic E-state index is 12.6. The van der Waals surface area contributed by atoms with E-state index in [4.69, 9.17) is 0 Å². The SMILES string of the molecule is CN(C)C(=O)C1CCCN1CC(=O)Nc1ccccc1N1CCCC1=O. The molecular formula is C19H26N4O3. The minimum absolute atomic E-state index is 0.0402. The fourth-order valence-corrected chi connectivity index (χ4v) is 3.68. The number of likely N-dealkylation sites (N-methyl/N-ethyl adjacent to an activating group) is 1. The molecule has 3 rings (SSSR count). The molecule has 2 fully saturated rings. The highest BCUT2D eigenvalue weighted by molar-refractivity contribution is 6.02. The quantitative estimate of drug-likeness (QED) is 0.861. The first-order valence-electron chi connectivity index (χ1n) is 9.12. The van der Waals surface area contributed by atoms with Gasteiger partial charge in [-0.15, -0.1) is 0 Å². The van der Waals surface area contributed by atoms with Gasteiger partial charge in [0, 0.05) is 27.1 Å². The van der Waals surface area contributed by atoms with Gasteiger partial charge in [0.1, 0.15) is 0 Å². The predicted octanol–water partition coefficient (Wildman–Crippen LogP) is 1.30. The summed E-state index contributed by atoms with van der Waals surface area (Å²) in [4.78, 5) is 42.1. The molecule has 2 aliphatic rings. The van der Waals surface area contributed by atoms with Gasteiger partial charge in [0.15, 0.2) is 0 Å². The van der Waals surface area contributed by atoms with Crippen molar-refractivity contribution in [3.05, 3.63) is 24.3 Å². The molecule has 3 amide bonds. The van der Waals surface area contributed by atoms with Gasteiger partial charge in [0.2, 0.25) is 17.7 Å². The monoisotopic (exact) mass is 358 g/mol. The van der Waals surface area contributed by atoms with E-state index in [1.165, 1.54) is 0 Å². The summed E-state index contributed by atoms with van der Waals surface area (Å²) in [6.07, 6.45) is 3.08. The van der Waals surface area contributed by atoms with Crippen molar-refractivity contribution in [2.45, 2.75) is 31.7 Å². The second-order valence-corrected chi connectivity index (χ2v) is 7.08. The number of nitrogens with zero attached hydrogens (tertiary/aromatic N) is 3. The highest BCUT2D eigenvalue weighted by atomic mass is 16.2. The first-order valence-corrected chi connectivity index (χ1v) is 9.12. The standard InChI is InChI=1S/C19H26N4O3/c1-21(2)19(26)16-9-5-11-22(16)13-17(24)20-14-7-3-4-8-15(14)23-12-6-10-18(23)25/h3-4,7-8,16H,5-6,9-13H2,1-2H3,(H,20,24). The Labute approximate surface area is 153 Å². The molecule has 0 bridgehead atoms. The molecule has 26 heavy (non-hydrogen) atoms. The zero-order chi connectivity index (χ0) is 18.7. The third kappa shape index (κ3) is 3.88. The summed E-state index contributed by atoms with van der Waals surface area (Å²) in [7, 11) is 3.48. The largest absolute Gasteiger partial charge is 0.347 e. The molecule has 1 aromatic rings. The third-order valence-electron chi connectivity index (χ3n) is 4.98. The van der Waals surface area contributed by atoms with E-state index < -0.39 is 0 Å². The van der Waals surface area contributed by atoms with Crippen molar-refractivity contribution in [3.63, 3.8) is 0 Å². The fraction of sp³-hybridized carbons (Fsp3) is 0.526. The summed E-state index contributed by atoms with van der Waals surface area (Å²) < 4.78 is 0. The third-order valence-corrected chi connectivity index (χ3v) is 4.98. The number of likely N-dealkylation sites (tertiary alicyclic amines) is 1. The maximum Gasteiger partial charge on any atom is 0.239 e. The summed E-state index contributed by atoms with van der Waals surface area (Å²) in [6, 6.07) is 7.14. The summed E-state index contributed by atoms with van der Waals surface area (Å²) in [6.45, 7) is 1.59. The van der Waals surface area contributed by atoms with Gasteiger partial charge in [-0.1, -0.05) is 12.1 Å². The van der Waals surface area contributed by atoms with Crippen LogP contribution in [0.3, 0.4) is 0 Å². The zero-order valence-corrected chi connectivity index (χ0v) is 15.4. The van der Waals surface area contributed by atoms with Crippen molar-refractivity contribution in [2.75, 3.05) is 43.9 Å². The molecule has 2 heterocycles. The molecule has 0 aromatic heterocycles. The summed E-state index contributed by atoms with van der Waals surface area (Å²) >= 11 is 0. The first-order chi connectivity index (χ1) is 12.5. The number of rotatable bonds is 5. The van der Waals surface area contributed by atoms with Crippen LogP contribution in [0.2, 0.25) is 0 Å². The zero-order valence-electron chi connectivity index (χ0n) is 15.4. The Kier molecular flexibility index (Phi) is 5.56. The Balaban J connectivity index is 1.67. The molecule has 1 N–H and O–H groups in total. The van der Waals surface area contributed by atoms with Gasteiger partial charge in [-0.2, -0.15) is 0 Å². The lowest BCUT2D eigenvalue weighted by atomic mass is 10.2. The Hall–Kier alpha value is -2.41. The molecule has 0 radical (unpaired) electrons. The van der Waals surface area contributed by atoms with Gasteiger partial charge < -0.3 is 15.1 Å². The Morgan fingerprint density at radius 2 is 1.96 bits per heavy atom. The van der Waals surface area contributed by atoms with Gasteiger partial charge in [0.05, 0.1) is 24.0 Å². The van der Waals surface area contributed by atoms with E-state index in [1.807, 2.05) is 29.2 Å². The van der Waals surface area contributed by atoms with Crippen LogP contribution in [0.25, 0.3) is 0 Å². The van der Waals surface area contributed by atoms with Crippen LogP contribution in [-0.2, 0) is 14.4 Å². The van der Waals surface area contributed by atoms with E-state index in [-0.39, 0.29) is 30.3 Å². The van der Waals surface area contributed by atoms with Crippen molar-refractivity contribution >= 4 is 29.1 Å². The van der Waals surface area contributed by atoms with Crippen LogP contribution in [0.15, 0.2) is 24.3 Å². The number of benzene rings is 1. The van der Waals surface area contributed by atoms with Gasteiger partial charge in [-0.3, -0.25) is 19.3 Å². The number of anilines is 2. The van der Waals surface area contributed by atoms with Crippen LogP contribution in [0.4, 0.5) is 11.4 Å². The molecule has 1 atom stereocenters. The van der Waals surface area contributed by atoms with Gasteiger partial charge in [-0.25, -0.2) is 0 Å². The summed E-state index contributed by atoms with van der Waals surface area (Å²) in [5.74, 6) is -0.0381. The lowest BCUT2D eigenvalue weighted by Crippen LogP contribution is -2.45. The van der Waals surface area contributed by atoms with E-state index in [0.717, 1.165) is 31.5 Å². The molecular weight excluding hydrogens is 332 g/mol. The Morgan fingerprint density at radius 3 is 2.65 bits per heavy atom. The van der Waals surface area contributed by atoms with Gasteiger partial charge in [-0.05, 0) is 37.9 Å². The average molecular weight is 358 g/mol. The molecule has 1 aromatic carbocycles. The maximum atomic E-state index is 12.6. The lowest BCUT2D eigenvalue weighted by Gasteiger charge is -2.26. The number of hydrogen-bond acceptors (Lipinski definition) is 4. The van der Waals surface area contributed by atoms with Crippen molar-refractivity contribution in [2.24, 2.45) is 0 Å². The van der Waals surface area contributed by atoms with Gasteiger partial charge in [0.25, 0.3) is 0 Å². The summed E-state index contributed by atoms with van der Waals surface area (Å²) in [5, 5.41) is 2.92. The van der Waals surface area contributed by atoms with Crippen molar-refractivity contribution in [1.82, 2.24) is 9.80 Å². The number of carbonyl (C=O) groups is 3. The number of carbonyl (C=O) groups excluding carboxylic acids is 3. The Bertz CT molecular complexity index is 704. The molecule has 0 saturated carbocycles. The van der Waals surface area contributed by atoms with E-state index in [9.17, 15) is 14.4 Å². The number of amides is 3. The van der Waals surface area contributed by atoms with Crippen LogP contribution < -0.4 is 10.2 Å². The number of nitrogens with one attached hydrogen (secondary N) is 1. The molecule has 1 unspecified atom stereocenters. The second-order valence-electron chi connectivity index (χ2n) is 7.08. The highest BCUT2D eigenvalue weighted by Crippen LogP contribution is 2.29. The molecule has 7 nitrogen and oxygen atoms in total. The van der Waals surface area contributed by atoms with Crippen LogP contribution in [0.1, 0.15) is 25.7 Å². The van der Waals surface area contributed by atoms with E-state index in [0.29, 0.717) is 18.7 Å². The van der Waals surface area contributed by atoms with E-state index >= 15 is 0 Å². The molecule has 0 aliphatic carbocycles. The van der Waals surface area contributed by atoms with E-state index in [1.54, 1.807) is 23.9 Å². The minimum Gasteiger partial charge on any atom is -0.347 e. The highest BCUT2D eigenvalue weighted by Gasteiger charge is 2.33. The van der Waals surface area contributed by atoms with Crippen molar-refractivity contribution < 1.29 is 14.4 Å². The van der Waals surface area contributed by atoms with Crippen LogP contribution >= 0.6 is 0 Å². The van der Waals surface area contributed by atoms with Gasteiger partial charge >= 0.3 is 0 Å². The fourth-order valence-electron chi connectivity index (χ4n) is 3.68. The van der Waals surface area contributed by atoms with Crippen molar-refractivity contribution in [1.29, 1.82) is 0 Å².